The molecular weight excluding hydrogens is 178 g/mol. The van der Waals surface area contributed by atoms with E-state index in [1.807, 2.05) is 0 Å². The monoisotopic (exact) mass is 187 g/mol. The third-order valence-corrected chi connectivity index (χ3v) is 1.88. The van der Waals surface area contributed by atoms with Gasteiger partial charge in [0.05, 0.1) is 11.1 Å². The molecule has 0 aliphatic heterocycles. The Morgan fingerprint density at radius 3 is 2.67 bits per heavy atom. The van der Waals surface area contributed by atoms with Crippen molar-refractivity contribution in [2.24, 2.45) is 5.73 Å². The van der Waals surface area contributed by atoms with Gasteiger partial charge in [0.2, 0.25) is 0 Å². The molecular formula is C8H10ClNO2. The van der Waals surface area contributed by atoms with Crippen molar-refractivity contribution in [1.82, 2.24) is 0 Å². The van der Waals surface area contributed by atoms with Crippen LogP contribution in [0.4, 0.5) is 0 Å². The molecule has 0 saturated carbocycles. The van der Waals surface area contributed by atoms with Gasteiger partial charge in [0.15, 0.2) is 0 Å². The van der Waals surface area contributed by atoms with Crippen LogP contribution in [-0.2, 0) is 0 Å². The van der Waals surface area contributed by atoms with Crippen molar-refractivity contribution in [2.75, 3.05) is 6.54 Å². The molecule has 1 atom stereocenters. The maximum absolute atomic E-state index is 9.28. The fourth-order valence-corrected chi connectivity index (χ4v) is 1.06. The molecule has 1 aromatic rings. The molecule has 0 unspecified atom stereocenters. The summed E-state index contributed by atoms with van der Waals surface area (Å²) in [5.41, 5.74) is 5.85. The van der Waals surface area contributed by atoms with Crippen molar-refractivity contribution in [3.05, 3.63) is 28.8 Å². The highest BCUT2D eigenvalue weighted by Crippen LogP contribution is 2.26. The molecule has 0 fully saturated rings. The zero-order valence-corrected chi connectivity index (χ0v) is 7.12. The van der Waals surface area contributed by atoms with Crippen LogP contribution in [0, 0.1) is 0 Å². The van der Waals surface area contributed by atoms with Crippen LogP contribution < -0.4 is 5.73 Å². The minimum atomic E-state index is -0.719. The molecule has 0 spiro atoms. The molecule has 1 aromatic carbocycles. The molecule has 1 rings (SSSR count). The van der Waals surface area contributed by atoms with Gasteiger partial charge in [-0.1, -0.05) is 17.7 Å². The van der Waals surface area contributed by atoms with E-state index in [0.29, 0.717) is 5.56 Å². The molecule has 4 heteroatoms. The second-order valence-corrected chi connectivity index (χ2v) is 2.87. The van der Waals surface area contributed by atoms with E-state index < -0.39 is 6.10 Å². The van der Waals surface area contributed by atoms with Crippen LogP contribution in [0.15, 0.2) is 18.2 Å². The van der Waals surface area contributed by atoms with Gasteiger partial charge in [-0.2, -0.15) is 0 Å². The molecule has 0 radical (unpaired) electrons. The molecule has 0 aromatic heterocycles. The molecule has 0 bridgehead atoms. The standard InChI is InChI=1S/C8H10ClNO2/c9-6-3-5(8(12)4-10)1-2-7(6)11/h1-3,8,11-12H,4,10H2/t8-/m1/s1. The third-order valence-electron chi connectivity index (χ3n) is 1.58. The van der Waals surface area contributed by atoms with Crippen molar-refractivity contribution in [2.45, 2.75) is 6.10 Å². The molecule has 3 nitrogen and oxygen atoms in total. The Morgan fingerprint density at radius 1 is 1.50 bits per heavy atom. The van der Waals surface area contributed by atoms with Gasteiger partial charge in [-0.25, -0.2) is 0 Å². The molecule has 0 aliphatic carbocycles. The molecule has 0 aliphatic rings. The van der Waals surface area contributed by atoms with E-state index in [4.69, 9.17) is 22.4 Å². The number of aliphatic hydroxyl groups is 1. The zero-order chi connectivity index (χ0) is 9.14. The highest BCUT2D eigenvalue weighted by molar-refractivity contribution is 6.32. The Kier molecular flexibility index (Phi) is 2.92. The smallest absolute Gasteiger partial charge is 0.134 e. The van der Waals surface area contributed by atoms with Crippen molar-refractivity contribution >= 4 is 11.6 Å². The summed E-state index contributed by atoms with van der Waals surface area (Å²) in [6.45, 7) is 0.140. The molecule has 0 amide bonds. The van der Waals surface area contributed by atoms with Gasteiger partial charge in [0.25, 0.3) is 0 Å². The lowest BCUT2D eigenvalue weighted by Crippen LogP contribution is -2.11. The van der Waals surface area contributed by atoms with Crippen LogP contribution >= 0.6 is 11.6 Å². The van der Waals surface area contributed by atoms with Crippen LogP contribution in [0.3, 0.4) is 0 Å². The SMILES string of the molecule is NC[C@@H](O)c1ccc(O)c(Cl)c1. The first-order valence-corrected chi connectivity index (χ1v) is 3.89. The molecule has 0 saturated heterocycles. The fraction of sp³-hybridized carbons (Fsp3) is 0.250. The molecule has 0 heterocycles. The lowest BCUT2D eigenvalue weighted by atomic mass is 10.1. The zero-order valence-electron chi connectivity index (χ0n) is 6.37. The summed E-state index contributed by atoms with van der Waals surface area (Å²) in [5, 5.41) is 18.6. The fourth-order valence-electron chi connectivity index (χ4n) is 0.867. The number of aliphatic hydroxyl groups excluding tert-OH is 1. The summed E-state index contributed by atoms with van der Waals surface area (Å²) in [6, 6.07) is 4.50. The summed E-state index contributed by atoms with van der Waals surface area (Å²) in [5.74, 6) is 0.00429. The van der Waals surface area contributed by atoms with Gasteiger partial charge < -0.3 is 15.9 Å². The first kappa shape index (κ1) is 9.32. The van der Waals surface area contributed by atoms with Gasteiger partial charge >= 0.3 is 0 Å². The molecule has 4 N–H and O–H groups in total. The Morgan fingerprint density at radius 2 is 2.17 bits per heavy atom. The van der Waals surface area contributed by atoms with Crippen LogP contribution in [-0.4, -0.2) is 16.8 Å². The summed E-state index contributed by atoms with van der Waals surface area (Å²) in [4.78, 5) is 0. The Hall–Kier alpha value is -0.770. The van der Waals surface area contributed by atoms with Gasteiger partial charge in [-0.3, -0.25) is 0 Å². The van der Waals surface area contributed by atoms with Crippen molar-refractivity contribution in [3.63, 3.8) is 0 Å². The van der Waals surface area contributed by atoms with Gasteiger partial charge in [0, 0.05) is 6.54 Å². The minimum absolute atomic E-state index is 0.00429. The van der Waals surface area contributed by atoms with E-state index in [9.17, 15) is 5.11 Å². The third kappa shape index (κ3) is 1.88. The van der Waals surface area contributed by atoms with Crippen molar-refractivity contribution in [1.29, 1.82) is 0 Å². The van der Waals surface area contributed by atoms with E-state index in [-0.39, 0.29) is 17.3 Å². The minimum Gasteiger partial charge on any atom is -0.506 e. The largest absolute Gasteiger partial charge is 0.506 e. The number of hydrogen-bond acceptors (Lipinski definition) is 3. The van der Waals surface area contributed by atoms with Crippen LogP contribution in [0.25, 0.3) is 0 Å². The highest BCUT2D eigenvalue weighted by Gasteiger charge is 2.06. The lowest BCUT2D eigenvalue weighted by molar-refractivity contribution is 0.186. The van der Waals surface area contributed by atoms with Gasteiger partial charge in [-0.05, 0) is 17.7 Å². The van der Waals surface area contributed by atoms with Gasteiger partial charge in [-0.15, -0.1) is 0 Å². The van der Waals surface area contributed by atoms with E-state index in [2.05, 4.69) is 0 Å². The Labute approximate surface area is 75.4 Å². The first-order chi connectivity index (χ1) is 5.65. The van der Waals surface area contributed by atoms with E-state index in [1.54, 1.807) is 6.07 Å². The quantitative estimate of drug-likeness (QED) is 0.648. The van der Waals surface area contributed by atoms with Crippen LogP contribution in [0.5, 0.6) is 5.75 Å². The number of halogens is 1. The van der Waals surface area contributed by atoms with Crippen molar-refractivity contribution < 1.29 is 10.2 Å². The predicted octanol–water partition coefficient (Wildman–Crippen LogP) is 1.04. The first-order valence-electron chi connectivity index (χ1n) is 3.51. The highest BCUT2D eigenvalue weighted by atomic mass is 35.5. The Bertz CT molecular complexity index is 278. The van der Waals surface area contributed by atoms with Crippen LogP contribution in [0.2, 0.25) is 5.02 Å². The van der Waals surface area contributed by atoms with Crippen LogP contribution in [0.1, 0.15) is 11.7 Å². The second kappa shape index (κ2) is 3.76. The maximum Gasteiger partial charge on any atom is 0.134 e. The summed E-state index contributed by atoms with van der Waals surface area (Å²) < 4.78 is 0. The number of nitrogens with two attached hydrogens (primary N) is 1. The van der Waals surface area contributed by atoms with E-state index >= 15 is 0 Å². The lowest BCUT2D eigenvalue weighted by Gasteiger charge is -2.08. The second-order valence-electron chi connectivity index (χ2n) is 2.46. The summed E-state index contributed by atoms with van der Waals surface area (Å²) in [6.07, 6.45) is -0.719. The predicted molar refractivity (Wildman–Crippen MR) is 47.1 cm³/mol. The topological polar surface area (TPSA) is 66.5 Å². The van der Waals surface area contributed by atoms with E-state index in [0.717, 1.165) is 0 Å². The average Bonchev–Trinajstić information content (AvgIpc) is 2.08. The number of phenols is 1. The van der Waals surface area contributed by atoms with Gasteiger partial charge in [0.1, 0.15) is 5.75 Å². The summed E-state index contributed by atoms with van der Waals surface area (Å²) in [7, 11) is 0. The van der Waals surface area contributed by atoms with Crippen molar-refractivity contribution in [3.8, 4) is 5.75 Å². The Balaban J connectivity index is 2.96. The normalized spacial score (nSPS) is 12.9. The van der Waals surface area contributed by atoms with E-state index in [1.165, 1.54) is 12.1 Å². The number of phenolic OH excluding ortho intramolecular Hbond substituents is 1. The summed E-state index contributed by atoms with van der Waals surface area (Å²) >= 11 is 5.61. The number of hydrogen-bond donors (Lipinski definition) is 3. The number of aromatic hydroxyl groups is 1. The maximum atomic E-state index is 9.28. The number of rotatable bonds is 2. The molecule has 66 valence electrons. The average molecular weight is 188 g/mol. The number of benzene rings is 1. The molecule has 12 heavy (non-hydrogen) atoms.